The first kappa shape index (κ1) is 17.6. The van der Waals surface area contributed by atoms with Crippen LogP contribution in [-0.2, 0) is 0 Å². The molecule has 134 valence electrons. The van der Waals surface area contributed by atoms with Gasteiger partial charge in [-0.05, 0) is 24.3 Å². The Hall–Kier alpha value is -3.19. The number of nitrogens with zero attached hydrogens (tertiary/aromatic N) is 2. The molecule has 7 nitrogen and oxygen atoms in total. The summed E-state index contributed by atoms with van der Waals surface area (Å²) in [6.45, 7) is 3.65. The molecule has 0 saturated carbocycles. The lowest BCUT2D eigenvalue weighted by atomic mass is 10.1. The van der Waals surface area contributed by atoms with Gasteiger partial charge in [0.2, 0.25) is 0 Å². The molecule has 1 heterocycles. The van der Waals surface area contributed by atoms with Crippen LogP contribution in [0.3, 0.4) is 0 Å². The van der Waals surface area contributed by atoms with Gasteiger partial charge in [0.25, 0.3) is 0 Å². The third kappa shape index (κ3) is 3.57. The third-order valence-corrected chi connectivity index (χ3v) is 3.84. The van der Waals surface area contributed by atoms with Crippen molar-refractivity contribution in [1.29, 1.82) is 0 Å². The van der Waals surface area contributed by atoms with E-state index in [1.54, 1.807) is 32.5 Å². The highest BCUT2D eigenvalue weighted by Crippen LogP contribution is 2.34. The van der Waals surface area contributed by atoms with E-state index in [0.29, 0.717) is 28.4 Å². The van der Waals surface area contributed by atoms with Crippen molar-refractivity contribution in [2.75, 3.05) is 19.5 Å². The molecule has 0 aliphatic heterocycles. The van der Waals surface area contributed by atoms with Crippen molar-refractivity contribution in [2.24, 2.45) is 10.7 Å². The SMILES string of the molecule is C=C(Cl)Nc1cc(OC)c(OC)cc1C(N)=Nc1ccc2[nH]ncc2c1. The molecular weight excluding hydrogens is 354 g/mol. The maximum Gasteiger partial charge on any atom is 0.162 e. The van der Waals surface area contributed by atoms with Gasteiger partial charge in [-0.25, -0.2) is 4.99 Å². The van der Waals surface area contributed by atoms with E-state index >= 15 is 0 Å². The quantitative estimate of drug-likeness (QED) is 0.348. The molecule has 0 amide bonds. The van der Waals surface area contributed by atoms with Crippen molar-refractivity contribution < 1.29 is 9.47 Å². The fourth-order valence-electron chi connectivity index (χ4n) is 2.54. The number of fused-ring (bicyclic) bond motifs is 1. The second kappa shape index (κ2) is 7.37. The number of nitrogens with two attached hydrogens (primary N) is 1. The molecule has 2 aromatic carbocycles. The number of methoxy groups -OCH3 is 2. The summed E-state index contributed by atoms with van der Waals surface area (Å²) >= 11 is 5.90. The molecule has 1 aromatic heterocycles. The summed E-state index contributed by atoms with van der Waals surface area (Å²) in [5.41, 5.74) is 9.09. The van der Waals surface area contributed by atoms with Crippen LogP contribution in [0, 0.1) is 0 Å². The number of aromatic nitrogens is 2. The number of nitrogens with one attached hydrogen (secondary N) is 2. The smallest absolute Gasteiger partial charge is 0.162 e. The molecule has 8 heteroatoms. The maximum atomic E-state index is 6.26. The number of aromatic amines is 1. The van der Waals surface area contributed by atoms with E-state index in [9.17, 15) is 0 Å². The van der Waals surface area contributed by atoms with Crippen molar-refractivity contribution in [1.82, 2.24) is 10.2 Å². The number of H-pyrrole nitrogens is 1. The molecule has 0 unspecified atom stereocenters. The van der Waals surface area contributed by atoms with Gasteiger partial charge in [0, 0.05) is 17.0 Å². The van der Waals surface area contributed by atoms with Crippen molar-refractivity contribution in [3.05, 3.63) is 53.8 Å². The number of aliphatic imine (C=N–C) groups is 1. The van der Waals surface area contributed by atoms with Crippen LogP contribution in [0.2, 0.25) is 0 Å². The summed E-state index contributed by atoms with van der Waals surface area (Å²) in [6.07, 6.45) is 1.73. The molecule has 0 atom stereocenters. The number of amidine groups is 1. The van der Waals surface area contributed by atoms with Crippen LogP contribution in [0.25, 0.3) is 10.9 Å². The van der Waals surface area contributed by atoms with Crippen LogP contribution in [0.1, 0.15) is 5.56 Å². The van der Waals surface area contributed by atoms with Crippen molar-refractivity contribution in [3.63, 3.8) is 0 Å². The Kier molecular flexibility index (Phi) is 4.99. The van der Waals surface area contributed by atoms with Gasteiger partial charge >= 0.3 is 0 Å². The Morgan fingerprint density at radius 1 is 1.23 bits per heavy atom. The number of benzene rings is 2. The molecule has 0 aliphatic carbocycles. The molecule has 26 heavy (non-hydrogen) atoms. The van der Waals surface area contributed by atoms with Crippen LogP contribution in [0.15, 0.2) is 53.3 Å². The minimum absolute atomic E-state index is 0.242. The number of anilines is 1. The number of hydrogen-bond donors (Lipinski definition) is 3. The number of rotatable bonds is 6. The first-order valence-corrected chi connectivity index (χ1v) is 8.04. The van der Waals surface area contributed by atoms with Crippen LogP contribution in [0.5, 0.6) is 11.5 Å². The number of ether oxygens (including phenoxy) is 2. The summed E-state index contributed by atoms with van der Waals surface area (Å²) in [4.78, 5) is 4.50. The predicted molar refractivity (Wildman–Crippen MR) is 105 cm³/mol. The third-order valence-electron chi connectivity index (χ3n) is 3.74. The summed E-state index contributed by atoms with van der Waals surface area (Å²) in [5, 5.41) is 11.0. The molecule has 0 spiro atoms. The lowest BCUT2D eigenvalue weighted by Gasteiger charge is -2.15. The van der Waals surface area contributed by atoms with Crippen molar-refractivity contribution in [2.45, 2.75) is 0 Å². The topological polar surface area (TPSA) is 97.5 Å². The van der Waals surface area contributed by atoms with Crippen molar-refractivity contribution >= 4 is 39.7 Å². The zero-order chi connectivity index (χ0) is 18.7. The van der Waals surface area contributed by atoms with E-state index in [1.165, 1.54) is 0 Å². The Morgan fingerprint density at radius 3 is 2.65 bits per heavy atom. The normalized spacial score (nSPS) is 11.4. The van der Waals surface area contributed by atoms with E-state index in [-0.39, 0.29) is 11.0 Å². The number of halogens is 1. The largest absolute Gasteiger partial charge is 0.493 e. The average molecular weight is 372 g/mol. The van der Waals surface area contributed by atoms with Gasteiger partial charge in [-0.3, -0.25) is 5.10 Å². The highest BCUT2D eigenvalue weighted by molar-refractivity contribution is 6.30. The van der Waals surface area contributed by atoms with Gasteiger partial charge < -0.3 is 20.5 Å². The first-order chi connectivity index (χ1) is 12.5. The summed E-state index contributed by atoms with van der Waals surface area (Å²) in [5.74, 6) is 1.34. The van der Waals surface area contributed by atoms with E-state index in [0.717, 1.165) is 10.9 Å². The lowest BCUT2D eigenvalue weighted by Crippen LogP contribution is -2.15. The molecule has 0 bridgehead atoms. The molecule has 3 rings (SSSR count). The van der Waals surface area contributed by atoms with Gasteiger partial charge in [0.05, 0.1) is 42.5 Å². The monoisotopic (exact) mass is 371 g/mol. The fraction of sp³-hybridized carbons (Fsp3) is 0.111. The highest BCUT2D eigenvalue weighted by Gasteiger charge is 2.14. The number of hydrogen-bond acceptors (Lipinski definition) is 5. The van der Waals surface area contributed by atoms with Crippen LogP contribution in [0.4, 0.5) is 11.4 Å². The van der Waals surface area contributed by atoms with E-state index in [2.05, 4.69) is 27.1 Å². The zero-order valence-electron chi connectivity index (χ0n) is 14.3. The lowest BCUT2D eigenvalue weighted by molar-refractivity contribution is 0.355. The van der Waals surface area contributed by atoms with E-state index in [1.807, 2.05) is 18.2 Å². The van der Waals surface area contributed by atoms with Gasteiger partial charge in [0.15, 0.2) is 11.5 Å². The minimum atomic E-state index is 0.242. The Bertz CT molecular complexity index is 996. The Balaban J connectivity index is 2.08. The second-order valence-electron chi connectivity index (χ2n) is 5.42. The van der Waals surface area contributed by atoms with Crippen LogP contribution in [-0.4, -0.2) is 30.3 Å². The van der Waals surface area contributed by atoms with Gasteiger partial charge in [-0.1, -0.05) is 18.2 Å². The standard InChI is InChI=1S/C18H18ClN5O2/c1-10(19)22-15-8-17(26-3)16(25-2)7-13(15)18(20)23-12-4-5-14-11(6-12)9-21-24-14/h4-9,22H,1H2,2-3H3,(H2,20,23)(H,21,24). The second-order valence-corrected chi connectivity index (χ2v) is 5.88. The van der Waals surface area contributed by atoms with Gasteiger partial charge in [-0.15, -0.1) is 0 Å². The van der Waals surface area contributed by atoms with Gasteiger partial charge in [0.1, 0.15) is 5.84 Å². The summed E-state index contributed by atoms with van der Waals surface area (Å²) < 4.78 is 10.7. The molecule has 0 radical (unpaired) electrons. The average Bonchev–Trinajstić information content (AvgIpc) is 3.08. The first-order valence-electron chi connectivity index (χ1n) is 7.67. The predicted octanol–water partition coefficient (Wildman–Crippen LogP) is 3.74. The molecule has 4 N–H and O–H groups in total. The van der Waals surface area contributed by atoms with Crippen LogP contribution < -0.4 is 20.5 Å². The van der Waals surface area contributed by atoms with E-state index in [4.69, 9.17) is 26.8 Å². The molecule has 0 aliphatic rings. The summed E-state index contributed by atoms with van der Waals surface area (Å²) in [7, 11) is 3.10. The summed E-state index contributed by atoms with van der Waals surface area (Å²) in [6, 6.07) is 9.09. The molecular formula is C18H18ClN5O2. The van der Waals surface area contributed by atoms with Crippen LogP contribution >= 0.6 is 11.6 Å². The highest BCUT2D eigenvalue weighted by atomic mass is 35.5. The molecule has 0 saturated heterocycles. The zero-order valence-corrected chi connectivity index (χ0v) is 15.1. The Labute approximate surface area is 155 Å². The fourth-order valence-corrected chi connectivity index (χ4v) is 2.64. The van der Waals surface area contributed by atoms with Crippen molar-refractivity contribution in [3.8, 4) is 11.5 Å². The maximum absolute atomic E-state index is 6.26. The molecule has 0 fully saturated rings. The minimum Gasteiger partial charge on any atom is -0.493 e. The van der Waals surface area contributed by atoms with Gasteiger partial charge in [-0.2, -0.15) is 5.10 Å². The molecule has 3 aromatic rings. The Morgan fingerprint density at radius 2 is 1.96 bits per heavy atom. The van der Waals surface area contributed by atoms with E-state index < -0.39 is 0 Å².